The van der Waals surface area contributed by atoms with Crippen LogP contribution in [0, 0.1) is 6.92 Å². The Balaban J connectivity index is 1.59. The summed E-state index contributed by atoms with van der Waals surface area (Å²) in [7, 11) is 2.88. The summed E-state index contributed by atoms with van der Waals surface area (Å²) in [5, 5.41) is 5.25. The molecular formula is C25H22N2O6S. The van der Waals surface area contributed by atoms with Crippen LogP contribution in [-0.2, 0) is 4.74 Å². The first-order valence-corrected chi connectivity index (χ1v) is 11.2. The van der Waals surface area contributed by atoms with Crippen LogP contribution < -0.4 is 14.8 Å². The number of para-hydroxylation sites is 1. The molecule has 2 aromatic heterocycles. The van der Waals surface area contributed by atoms with Crippen molar-refractivity contribution in [1.29, 1.82) is 0 Å². The third-order valence-corrected chi connectivity index (χ3v) is 6.11. The molecule has 2 N–H and O–H groups in total. The van der Waals surface area contributed by atoms with E-state index in [2.05, 4.69) is 10.3 Å². The standard InChI is InChI=1S/C25H22N2O6S/c1-14-23(15-7-4-5-8-17(15)26-14)19(28)13-33-25(30)16-11-20(31-2)21(32-3)12-18(16)27-24(29)22-9-6-10-34-22/h4-12,26H,13H2,1-3H3,(H,27,29). The largest absolute Gasteiger partial charge is 0.493 e. The van der Waals surface area contributed by atoms with Crippen molar-refractivity contribution < 1.29 is 28.6 Å². The Morgan fingerprint density at radius 3 is 2.44 bits per heavy atom. The van der Waals surface area contributed by atoms with Crippen molar-refractivity contribution in [2.45, 2.75) is 6.92 Å². The summed E-state index contributed by atoms with van der Waals surface area (Å²) >= 11 is 1.27. The molecule has 0 saturated heterocycles. The van der Waals surface area contributed by atoms with E-state index in [0.717, 1.165) is 10.9 Å². The predicted molar refractivity (Wildman–Crippen MR) is 129 cm³/mol. The van der Waals surface area contributed by atoms with Crippen LogP contribution in [0.5, 0.6) is 11.5 Å². The van der Waals surface area contributed by atoms with Crippen LogP contribution in [0.4, 0.5) is 5.69 Å². The molecule has 1 amide bonds. The van der Waals surface area contributed by atoms with E-state index in [-0.39, 0.29) is 28.7 Å². The number of ketones is 1. The molecular weight excluding hydrogens is 456 g/mol. The minimum Gasteiger partial charge on any atom is -0.493 e. The van der Waals surface area contributed by atoms with Gasteiger partial charge in [-0.25, -0.2) is 4.79 Å². The summed E-state index contributed by atoms with van der Waals surface area (Å²) in [6.07, 6.45) is 0. The molecule has 8 nitrogen and oxygen atoms in total. The Morgan fingerprint density at radius 2 is 1.74 bits per heavy atom. The predicted octanol–water partition coefficient (Wildman–Crippen LogP) is 4.85. The number of hydrogen-bond acceptors (Lipinski definition) is 7. The minimum atomic E-state index is -0.784. The molecule has 4 rings (SSSR count). The van der Waals surface area contributed by atoms with Gasteiger partial charge in [0.15, 0.2) is 18.1 Å². The average molecular weight is 479 g/mol. The molecule has 0 atom stereocenters. The van der Waals surface area contributed by atoms with E-state index >= 15 is 0 Å². The number of methoxy groups -OCH3 is 2. The summed E-state index contributed by atoms with van der Waals surface area (Å²) in [4.78, 5) is 42.1. The highest BCUT2D eigenvalue weighted by molar-refractivity contribution is 7.12. The van der Waals surface area contributed by atoms with Gasteiger partial charge in [-0.15, -0.1) is 11.3 Å². The van der Waals surface area contributed by atoms with Gasteiger partial charge in [-0.2, -0.15) is 0 Å². The number of fused-ring (bicyclic) bond motifs is 1. The molecule has 0 fully saturated rings. The second kappa shape index (κ2) is 9.80. The Hall–Kier alpha value is -4.11. The zero-order valence-corrected chi connectivity index (χ0v) is 19.6. The normalized spacial score (nSPS) is 10.7. The number of carbonyl (C=O) groups excluding carboxylic acids is 3. The zero-order valence-electron chi connectivity index (χ0n) is 18.8. The van der Waals surface area contributed by atoms with Gasteiger partial charge in [0.05, 0.1) is 30.3 Å². The van der Waals surface area contributed by atoms with E-state index in [1.54, 1.807) is 24.4 Å². The fourth-order valence-corrected chi connectivity index (χ4v) is 4.28. The summed E-state index contributed by atoms with van der Waals surface area (Å²) in [5.41, 5.74) is 2.20. The summed E-state index contributed by atoms with van der Waals surface area (Å²) < 4.78 is 16.0. The summed E-state index contributed by atoms with van der Waals surface area (Å²) in [5.74, 6) is -0.906. The molecule has 0 radical (unpaired) electrons. The van der Waals surface area contributed by atoms with E-state index in [0.29, 0.717) is 21.9 Å². The van der Waals surface area contributed by atoms with Gasteiger partial charge in [-0.05, 0) is 24.4 Å². The number of nitrogens with one attached hydrogen (secondary N) is 2. The van der Waals surface area contributed by atoms with Crippen LogP contribution in [-0.4, -0.2) is 43.5 Å². The molecule has 0 aliphatic heterocycles. The topological polar surface area (TPSA) is 107 Å². The fourth-order valence-electron chi connectivity index (χ4n) is 3.66. The number of aromatic nitrogens is 1. The lowest BCUT2D eigenvalue weighted by atomic mass is 10.1. The number of ether oxygens (including phenoxy) is 3. The van der Waals surface area contributed by atoms with Crippen LogP contribution >= 0.6 is 11.3 Å². The van der Waals surface area contributed by atoms with Gasteiger partial charge in [0.2, 0.25) is 5.78 Å². The first kappa shape index (κ1) is 23.1. The number of H-pyrrole nitrogens is 1. The van der Waals surface area contributed by atoms with Crippen molar-refractivity contribution in [3.8, 4) is 11.5 Å². The monoisotopic (exact) mass is 478 g/mol. The SMILES string of the molecule is COc1cc(NC(=O)c2cccs2)c(C(=O)OCC(=O)c2c(C)[nH]c3ccccc23)cc1OC. The second-order valence-electron chi connectivity index (χ2n) is 7.35. The average Bonchev–Trinajstić information content (AvgIpc) is 3.49. The van der Waals surface area contributed by atoms with Crippen molar-refractivity contribution in [2.24, 2.45) is 0 Å². The minimum absolute atomic E-state index is 0.0333. The Morgan fingerprint density at radius 1 is 1.00 bits per heavy atom. The zero-order chi connectivity index (χ0) is 24.2. The number of Topliss-reactive ketones (excluding diaryl/α,β-unsaturated/α-hetero) is 1. The van der Waals surface area contributed by atoms with E-state index < -0.39 is 12.6 Å². The highest BCUT2D eigenvalue weighted by Gasteiger charge is 2.23. The molecule has 9 heteroatoms. The smallest absolute Gasteiger partial charge is 0.340 e. The number of benzene rings is 2. The molecule has 0 bridgehead atoms. The number of hydrogen-bond donors (Lipinski definition) is 2. The number of amides is 1. The first-order valence-electron chi connectivity index (χ1n) is 10.3. The van der Waals surface area contributed by atoms with Crippen molar-refractivity contribution in [2.75, 3.05) is 26.1 Å². The van der Waals surface area contributed by atoms with E-state index in [9.17, 15) is 14.4 Å². The van der Waals surface area contributed by atoms with E-state index in [1.165, 1.54) is 37.7 Å². The number of aryl methyl sites for hydroxylation is 1. The number of carbonyl (C=O) groups is 3. The highest BCUT2D eigenvalue weighted by Crippen LogP contribution is 2.34. The van der Waals surface area contributed by atoms with E-state index in [4.69, 9.17) is 14.2 Å². The van der Waals surface area contributed by atoms with Gasteiger partial charge in [0, 0.05) is 34.3 Å². The van der Waals surface area contributed by atoms with Crippen LogP contribution in [0.1, 0.15) is 36.1 Å². The fraction of sp³-hybridized carbons (Fsp3) is 0.160. The Kier molecular flexibility index (Phi) is 6.65. The summed E-state index contributed by atoms with van der Waals surface area (Å²) in [6.45, 7) is 1.33. The number of anilines is 1. The van der Waals surface area contributed by atoms with Gasteiger partial charge in [-0.1, -0.05) is 24.3 Å². The van der Waals surface area contributed by atoms with Gasteiger partial charge in [0.1, 0.15) is 0 Å². The first-order chi connectivity index (χ1) is 16.4. The highest BCUT2D eigenvalue weighted by atomic mass is 32.1. The second-order valence-corrected chi connectivity index (χ2v) is 8.30. The van der Waals surface area contributed by atoms with Crippen LogP contribution in [0.15, 0.2) is 53.9 Å². The maximum Gasteiger partial charge on any atom is 0.340 e. The molecule has 0 unspecified atom stereocenters. The molecule has 0 spiro atoms. The molecule has 0 aliphatic rings. The lowest BCUT2D eigenvalue weighted by Gasteiger charge is -2.15. The van der Waals surface area contributed by atoms with Crippen LogP contribution in [0.2, 0.25) is 0 Å². The third-order valence-electron chi connectivity index (χ3n) is 5.24. The van der Waals surface area contributed by atoms with Gasteiger partial charge >= 0.3 is 5.97 Å². The lowest BCUT2D eigenvalue weighted by molar-refractivity contribution is 0.0475. The van der Waals surface area contributed by atoms with E-state index in [1.807, 2.05) is 24.3 Å². The van der Waals surface area contributed by atoms with Crippen LogP contribution in [0.25, 0.3) is 10.9 Å². The molecule has 0 aliphatic carbocycles. The number of esters is 1. The van der Waals surface area contributed by atoms with Crippen molar-refractivity contribution in [3.05, 3.63) is 75.6 Å². The Labute approximate surface area is 199 Å². The molecule has 0 saturated carbocycles. The molecule has 2 aromatic carbocycles. The van der Waals surface area contributed by atoms with Gasteiger partial charge in [-0.3, -0.25) is 9.59 Å². The van der Waals surface area contributed by atoms with Crippen molar-refractivity contribution in [1.82, 2.24) is 4.98 Å². The lowest BCUT2D eigenvalue weighted by Crippen LogP contribution is -2.18. The van der Waals surface area contributed by atoms with Crippen molar-refractivity contribution in [3.63, 3.8) is 0 Å². The third kappa shape index (κ3) is 4.51. The maximum atomic E-state index is 13.0. The summed E-state index contributed by atoms with van der Waals surface area (Å²) in [6, 6.07) is 13.7. The molecule has 4 aromatic rings. The number of thiophene rings is 1. The Bertz CT molecular complexity index is 1370. The quantitative estimate of drug-likeness (QED) is 0.277. The van der Waals surface area contributed by atoms with Crippen LogP contribution in [0.3, 0.4) is 0 Å². The van der Waals surface area contributed by atoms with Crippen molar-refractivity contribution >= 4 is 45.6 Å². The number of aromatic amines is 1. The number of rotatable bonds is 8. The maximum absolute atomic E-state index is 13.0. The van der Waals surface area contributed by atoms with Gasteiger partial charge < -0.3 is 24.5 Å². The molecule has 174 valence electrons. The van der Waals surface area contributed by atoms with Gasteiger partial charge in [0.25, 0.3) is 5.91 Å². The molecule has 34 heavy (non-hydrogen) atoms. The molecule has 2 heterocycles.